The van der Waals surface area contributed by atoms with Gasteiger partial charge in [0.05, 0.1) is 6.10 Å². The largest absolute Gasteiger partial charge is 0.419 e. The van der Waals surface area contributed by atoms with Gasteiger partial charge in [-0.05, 0) is 31.9 Å². The van der Waals surface area contributed by atoms with Gasteiger partial charge in [0.1, 0.15) is 6.07 Å². The van der Waals surface area contributed by atoms with Crippen LogP contribution >= 0.6 is 0 Å². The van der Waals surface area contributed by atoms with E-state index < -0.39 is 0 Å². The monoisotopic (exact) mass is 283 g/mol. The van der Waals surface area contributed by atoms with Gasteiger partial charge < -0.3 is 14.5 Å². The van der Waals surface area contributed by atoms with Crippen molar-refractivity contribution in [2.45, 2.75) is 25.9 Å². The summed E-state index contributed by atoms with van der Waals surface area (Å²) in [5, 5.41) is 12.3. The van der Waals surface area contributed by atoms with Gasteiger partial charge in [0.2, 0.25) is 17.5 Å². The topological polar surface area (TPSA) is 71.1 Å². The second-order valence-corrected chi connectivity index (χ2v) is 5.19. The zero-order valence-corrected chi connectivity index (χ0v) is 11.9. The van der Waals surface area contributed by atoms with Crippen LogP contribution in [0.4, 0.5) is 5.88 Å². The SMILES string of the molecule is Cc1ccc(-c2nc(C#N)c(NC[C@H]3CCCO3)o2)cc1. The van der Waals surface area contributed by atoms with Crippen LogP contribution in [0, 0.1) is 18.3 Å². The molecule has 0 bridgehead atoms. The molecular weight excluding hydrogens is 266 g/mol. The van der Waals surface area contributed by atoms with Gasteiger partial charge >= 0.3 is 0 Å². The van der Waals surface area contributed by atoms with Gasteiger partial charge in [-0.25, -0.2) is 0 Å². The molecule has 0 aliphatic carbocycles. The lowest BCUT2D eigenvalue weighted by atomic mass is 10.1. The number of nitrogens with zero attached hydrogens (tertiary/aromatic N) is 2. The molecule has 5 nitrogen and oxygen atoms in total. The summed E-state index contributed by atoms with van der Waals surface area (Å²) in [6, 6.07) is 9.92. The molecule has 1 fully saturated rings. The molecule has 1 aromatic heterocycles. The number of benzene rings is 1. The molecule has 1 atom stereocenters. The van der Waals surface area contributed by atoms with Gasteiger partial charge in [-0.1, -0.05) is 17.7 Å². The fraction of sp³-hybridized carbons (Fsp3) is 0.375. The van der Waals surface area contributed by atoms with Gasteiger partial charge in [0, 0.05) is 18.7 Å². The molecule has 21 heavy (non-hydrogen) atoms. The van der Waals surface area contributed by atoms with Crippen molar-refractivity contribution in [3.05, 3.63) is 35.5 Å². The average Bonchev–Trinajstić information content (AvgIpc) is 3.15. The van der Waals surface area contributed by atoms with Gasteiger partial charge in [-0.2, -0.15) is 10.2 Å². The number of hydrogen-bond donors (Lipinski definition) is 1. The van der Waals surface area contributed by atoms with Crippen molar-refractivity contribution in [3.8, 4) is 17.5 Å². The number of nitrogens with one attached hydrogen (secondary N) is 1. The molecule has 1 aromatic carbocycles. The molecule has 3 rings (SSSR count). The molecule has 1 saturated heterocycles. The van der Waals surface area contributed by atoms with Crippen LogP contribution in [0.5, 0.6) is 0 Å². The highest BCUT2D eigenvalue weighted by Crippen LogP contribution is 2.26. The number of anilines is 1. The number of nitriles is 1. The summed E-state index contributed by atoms with van der Waals surface area (Å²) in [6.45, 7) is 3.47. The summed E-state index contributed by atoms with van der Waals surface area (Å²) in [4.78, 5) is 4.24. The number of aryl methyl sites for hydroxylation is 1. The minimum absolute atomic E-state index is 0.185. The van der Waals surface area contributed by atoms with Crippen LogP contribution in [0.15, 0.2) is 28.7 Å². The first-order chi connectivity index (χ1) is 10.3. The molecule has 0 spiro atoms. The number of hydrogen-bond acceptors (Lipinski definition) is 5. The molecule has 5 heteroatoms. The number of rotatable bonds is 4. The maximum Gasteiger partial charge on any atom is 0.232 e. The zero-order chi connectivity index (χ0) is 14.7. The van der Waals surface area contributed by atoms with Gasteiger partial charge in [0.15, 0.2) is 0 Å². The Kier molecular flexibility index (Phi) is 3.89. The Labute approximate surface area is 123 Å². The van der Waals surface area contributed by atoms with Crippen LogP contribution < -0.4 is 5.32 Å². The third-order valence-corrected chi connectivity index (χ3v) is 3.55. The van der Waals surface area contributed by atoms with Crippen LogP contribution in [-0.2, 0) is 4.74 Å². The lowest BCUT2D eigenvalue weighted by Gasteiger charge is -2.09. The first kappa shape index (κ1) is 13.7. The summed E-state index contributed by atoms with van der Waals surface area (Å²) < 4.78 is 11.2. The van der Waals surface area contributed by atoms with Crippen molar-refractivity contribution >= 4 is 5.88 Å². The average molecular weight is 283 g/mol. The van der Waals surface area contributed by atoms with Crippen molar-refractivity contribution in [3.63, 3.8) is 0 Å². The van der Waals surface area contributed by atoms with Crippen molar-refractivity contribution in [2.24, 2.45) is 0 Å². The van der Waals surface area contributed by atoms with E-state index in [1.807, 2.05) is 31.2 Å². The second kappa shape index (κ2) is 5.98. The maximum atomic E-state index is 9.17. The Morgan fingerprint density at radius 3 is 2.86 bits per heavy atom. The molecule has 1 N–H and O–H groups in total. The normalized spacial score (nSPS) is 17.6. The third-order valence-electron chi connectivity index (χ3n) is 3.55. The lowest BCUT2D eigenvalue weighted by Crippen LogP contribution is -2.18. The van der Waals surface area contributed by atoms with Gasteiger partial charge in [-0.3, -0.25) is 0 Å². The smallest absolute Gasteiger partial charge is 0.232 e. The quantitative estimate of drug-likeness (QED) is 0.933. The molecule has 108 valence electrons. The highest BCUT2D eigenvalue weighted by molar-refractivity contribution is 5.59. The van der Waals surface area contributed by atoms with E-state index in [1.165, 1.54) is 5.56 Å². The first-order valence-corrected chi connectivity index (χ1v) is 7.09. The van der Waals surface area contributed by atoms with Crippen LogP contribution in [0.2, 0.25) is 0 Å². The first-order valence-electron chi connectivity index (χ1n) is 7.09. The fourth-order valence-corrected chi connectivity index (χ4v) is 2.35. The Morgan fingerprint density at radius 2 is 2.19 bits per heavy atom. The molecule has 0 unspecified atom stereocenters. The fourth-order valence-electron chi connectivity index (χ4n) is 2.35. The Morgan fingerprint density at radius 1 is 1.38 bits per heavy atom. The third kappa shape index (κ3) is 3.06. The molecular formula is C16H17N3O2. The molecule has 0 radical (unpaired) electrons. The van der Waals surface area contributed by atoms with E-state index in [0.717, 1.165) is 25.0 Å². The van der Waals surface area contributed by atoms with E-state index in [9.17, 15) is 5.26 Å². The van der Waals surface area contributed by atoms with Crippen molar-refractivity contribution in [1.82, 2.24) is 4.98 Å². The molecule has 1 aliphatic heterocycles. The van der Waals surface area contributed by atoms with Crippen molar-refractivity contribution in [2.75, 3.05) is 18.5 Å². The van der Waals surface area contributed by atoms with Gasteiger partial charge in [0.25, 0.3) is 0 Å². The second-order valence-electron chi connectivity index (χ2n) is 5.19. The highest BCUT2D eigenvalue weighted by atomic mass is 16.5. The van der Waals surface area contributed by atoms with E-state index in [-0.39, 0.29) is 11.8 Å². The van der Waals surface area contributed by atoms with Gasteiger partial charge in [-0.15, -0.1) is 0 Å². The Hall–Kier alpha value is -2.32. The number of oxazole rings is 1. The minimum Gasteiger partial charge on any atom is -0.419 e. The maximum absolute atomic E-state index is 9.17. The van der Waals surface area contributed by atoms with Crippen LogP contribution in [-0.4, -0.2) is 24.2 Å². The van der Waals surface area contributed by atoms with Crippen molar-refractivity contribution < 1.29 is 9.15 Å². The summed E-state index contributed by atoms with van der Waals surface area (Å²) in [5.74, 6) is 0.880. The highest BCUT2D eigenvalue weighted by Gasteiger charge is 2.18. The number of aromatic nitrogens is 1. The van der Waals surface area contributed by atoms with E-state index in [4.69, 9.17) is 9.15 Å². The van der Waals surface area contributed by atoms with E-state index >= 15 is 0 Å². The number of ether oxygens (including phenoxy) is 1. The summed E-state index contributed by atoms with van der Waals surface area (Å²) in [5.41, 5.74) is 2.31. The Bertz CT molecular complexity index is 649. The molecule has 0 amide bonds. The standard InChI is InChI=1S/C16H17N3O2/c1-11-4-6-12(7-5-11)15-19-14(9-17)16(21-15)18-10-13-3-2-8-20-13/h4-7,13,18H,2-3,8,10H2,1H3/t13-/m1/s1. The molecule has 1 aliphatic rings. The van der Waals surface area contributed by atoms with E-state index in [2.05, 4.69) is 16.4 Å². The minimum atomic E-state index is 0.185. The predicted octanol–water partition coefficient (Wildman–Crippen LogP) is 3.11. The van der Waals surface area contributed by atoms with E-state index in [0.29, 0.717) is 18.3 Å². The van der Waals surface area contributed by atoms with Crippen molar-refractivity contribution in [1.29, 1.82) is 5.26 Å². The summed E-state index contributed by atoms with van der Waals surface area (Å²) in [7, 11) is 0. The Balaban J connectivity index is 1.77. The molecule has 2 aromatic rings. The van der Waals surface area contributed by atoms with Crippen LogP contribution in [0.1, 0.15) is 24.1 Å². The molecule has 2 heterocycles. The van der Waals surface area contributed by atoms with Crippen LogP contribution in [0.3, 0.4) is 0 Å². The predicted molar refractivity (Wildman–Crippen MR) is 78.9 cm³/mol. The summed E-state index contributed by atoms with van der Waals surface area (Å²) in [6.07, 6.45) is 2.31. The lowest BCUT2D eigenvalue weighted by molar-refractivity contribution is 0.120. The van der Waals surface area contributed by atoms with Crippen LogP contribution in [0.25, 0.3) is 11.5 Å². The van der Waals surface area contributed by atoms with E-state index in [1.54, 1.807) is 0 Å². The summed E-state index contributed by atoms with van der Waals surface area (Å²) >= 11 is 0. The molecule has 0 saturated carbocycles. The zero-order valence-electron chi connectivity index (χ0n) is 11.9.